The zero-order valence-corrected chi connectivity index (χ0v) is 14.1. The number of carbonyl (C=O) groups is 1. The Kier molecular flexibility index (Phi) is 5.95. The molecule has 0 aliphatic rings. The van der Waals surface area contributed by atoms with E-state index in [0.29, 0.717) is 23.8 Å². The lowest BCUT2D eigenvalue weighted by Crippen LogP contribution is -2.19. The van der Waals surface area contributed by atoms with Crippen molar-refractivity contribution >= 4 is 11.6 Å². The third-order valence-electron chi connectivity index (χ3n) is 3.31. The average Bonchev–Trinajstić information content (AvgIpc) is 2.58. The Labute approximate surface area is 142 Å². The fraction of sp³-hybridized carbons (Fsp3) is 0.263. The van der Waals surface area contributed by atoms with Crippen LogP contribution in [0, 0.1) is 5.92 Å². The van der Waals surface area contributed by atoms with E-state index in [1.54, 1.807) is 55.5 Å². The normalized spacial score (nSPS) is 11.4. The molecule has 5 heteroatoms. The molecule has 2 aromatic rings. The molecule has 24 heavy (non-hydrogen) atoms. The lowest BCUT2D eigenvalue weighted by Gasteiger charge is -2.09. The van der Waals surface area contributed by atoms with Crippen molar-refractivity contribution in [3.05, 3.63) is 59.7 Å². The average molecular weight is 326 g/mol. The zero-order chi connectivity index (χ0) is 17.5. The lowest BCUT2D eigenvalue weighted by atomic mass is 10.1. The fourth-order valence-electron chi connectivity index (χ4n) is 1.93. The van der Waals surface area contributed by atoms with Crippen LogP contribution in [0.1, 0.15) is 36.7 Å². The van der Waals surface area contributed by atoms with Crippen molar-refractivity contribution < 1.29 is 14.6 Å². The summed E-state index contributed by atoms with van der Waals surface area (Å²) >= 11 is 0. The van der Waals surface area contributed by atoms with E-state index >= 15 is 0 Å². The first-order valence-corrected chi connectivity index (χ1v) is 7.82. The van der Waals surface area contributed by atoms with Crippen LogP contribution in [-0.2, 0) is 0 Å². The van der Waals surface area contributed by atoms with Crippen LogP contribution in [0.15, 0.2) is 53.6 Å². The number of aromatic hydroxyl groups is 1. The number of hydrogen-bond acceptors (Lipinski definition) is 4. The van der Waals surface area contributed by atoms with Crippen molar-refractivity contribution in [3.8, 4) is 11.5 Å². The molecular formula is C19H22N2O3. The van der Waals surface area contributed by atoms with Crippen LogP contribution < -0.4 is 10.2 Å². The molecule has 0 radical (unpaired) electrons. The minimum absolute atomic E-state index is 0.190. The molecule has 2 rings (SSSR count). The fourth-order valence-corrected chi connectivity index (χ4v) is 1.93. The van der Waals surface area contributed by atoms with Gasteiger partial charge in [0.15, 0.2) is 0 Å². The molecule has 0 bridgehead atoms. The van der Waals surface area contributed by atoms with Crippen LogP contribution in [-0.4, -0.2) is 23.3 Å². The number of nitrogens with one attached hydrogen (secondary N) is 1. The monoisotopic (exact) mass is 326 g/mol. The SMILES string of the molecule is C/C(=N\NC(=O)c1ccc(OCC(C)C)cc1)c1ccc(O)cc1. The van der Waals surface area contributed by atoms with Crippen molar-refractivity contribution in [1.29, 1.82) is 0 Å². The molecule has 0 fully saturated rings. The summed E-state index contributed by atoms with van der Waals surface area (Å²) in [5.74, 6) is 1.09. The van der Waals surface area contributed by atoms with Gasteiger partial charge in [0, 0.05) is 5.56 Å². The number of benzene rings is 2. The number of phenolic OH excluding ortho intramolecular Hbond substituents is 1. The second-order valence-electron chi connectivity index (χ2n) is 5.91. The molecule has 1 amide bonds. The summed E-state index contributed by atoms with van der Waals surface area (Å²) in [7, 11) is 0. The highest BCUT2D eigenvalue weighted by molar-refractivity contribution is 6.00. The molecule has 2 N–H and O–H groups in total. The van der Waals surface area contributed by atoms with Gasteiger partial charge in [-0.3, -0.25) is 4.79 Å². The van der Waals surface area contributed by atoms with E-state index in [-0.39, 0.29) is 11.7 Å². The highest BCUT2D eigenvalue weighted by Gasteiger charge is 2.06. The van der Waals surface area contributed by atoms with Gasteiger partial charge in [-0.05, 0) is 66.9 Å². The summed E-state index contributed by atoms with van der Waals surface area (Å²) in [6, 6.07) is 13.6. The highest BCUT2D eigenvalue weighted by atomic mass is 16.5. The summed E-state index contributed by atoms with van der Waals surface area (Å²) in [6.07, 6.45) is 0. The first-order chi connectivity index (χ1) is 11.5. The van der Waals surface area contributed by atoms with Crippen LogP contribution in [0.5, 0.6) is 11.5 Å². The molecule has 0 aromatic heterocycles. The van der Waals surface area contributed by atoms with E-state index in [2.05, 4.69) is 24.4 Å². The van der Waals surface area contributed by atoms with E-state index in [4.69, 9.17) is 4.74 Å². The highest BCUT2D eigenvalue weighted by Crippen LogP contribution is 2.13. The molecular weight excluding hydrogens is 304 g/mol. The summed E-state index contributed by atoms with van der Waals surface area (Å²) in [5.41, 5.74) is 4.51. The Balaban J connectivity index is 1.96. The number of nitrogens with zero attached hydrogens (tertiary/aromatic N) is 1. The summed E-state index contributed by atoms with van der Waals surface area (Å²) in [6.45, 7) is 6.59. The minimum atomic E-state index is -0.288. The second kappa shape index (κ2) is 8.15. The summed E-state index contributed by atoms with van der Waals surface area (Å²) < 4.78 is 5.59. The van der Waals surface area contributed by atoms with Gasteiger partial charge in [-0.15, -0.1) is 0 Å². The van der Waals surface area contributed by atoms with Gasteiger partial charge in [-0.1, -0.05) is 13.8 Å². The Morgan fingerprint density at radius 2 is 1.67 bits per heavy atom. The van der Waals surface area contributed by atoms with E-state index in [1.165, 1.54) is 0 Å². The van der Waals surface area contributed by atoms with Gasteiger partial charge in [0.1, 0.15) is 11.5 Å². The quantitative estimate of drug-likeness (QED) is 0.629. The maximum atomic E-state index is 12.1. The summed E-state index contributed by atoms with van der Waals surface area (Å²) in [4.78, 5) is 12.1. The molecule has 0 saturated heterocycles. The molecule has 126 valence electrons. The molecule has 0 unspecified atom stereocenters. The minimum Gasteiger partial charge on any atom is -0.508 e. The van der Waals surface area contributed by atoms with Gasteiger partial charge >= 0.3 is 0 Å². The number of amides is 1. The topological polar surface area (TPSA) is 70.9 Å². The molecule has 0 atom stereocenters. The van der Waals surface area contributed by atoms with Crippen molar-refractivity contribution in [1.82, 2.24) is 5.43 Å². The molecule has 2 aromatic carbocycles. The number of rotatable bonds is 6. The molecule has 0 aliphatic carbocycles. The lowest BCUT2D eigenvalue weighted by molar-refractivity contribution is 0.0955. The van der Waals surface area contributed by atoms with Crippen molar-refractivity contribution in [3.63, 3.8) is 0 Å². The van der Waals surface area contributed by atoms with Gasteiger partial charge in [0.25, 0.3) is 5.91 Å². The van der Waals surface area contributed by atoms with Gasteiger partial charge in [0.05, 0.1) is 12.3 Å². The van der Waals surface area contributed by atoms with Crippen LogP contribution in [0.25, 0.3) is 0 Å². The standard InChI is InChI=1S/C19H22N2O3/c1-13(2)12-24-18-10-6-16(7-11-18)19(23)21-20-14(3)15-4-8-17(22)9-5-15/h4-11,13,22H,12H2,1-3H3,(H,21,23)/b20-14+. The molecule has 5 nitrogen and oxygen atoms in total. The van der Waals surface area contributed by atoms with Crippen LogP contribution >= 0.6 is 0 Å². The summed E-state index contributed by atoms with van der Waals surface area (Å²) in [5, 5.41) is 13.4. The second-order valence-corrected chi connectivity index (χ2v) is 5.91. The Bertz CT molecular complexity index is 704. The van der Waals surface area contributed by atoms with Gasteiger partial charge < -0.3 is 9.84 Å². The first kappa shape index (κ1) is 17.5. The number of carbonyl (C=O) groups excluding carboxylic acids is 1. The van der Waals surface area contributed by atoms with Gasteiger partial charge in [-0.25, -0.2) is 5.43 Å². The maximum absolute atomic E-state index is 12.1. The maximum Gasteiger partial charge on any atom is 0.271 e. The number of hydrazone groups is 1. The van der Waals surface area contributed by atoms with Crippen LogP contribution in [0.2, 0.25) is 0 Å². The van der Waals surface area contributed by atoms with Crippen LogP contribution in [0.4, 0.5) is 0 Å². The largest absolute Gasteiger partial charge is 0.508 e. The number of phenols is 1. The molecule has 0 spiro atoms. The van der Waals surface area contributed by atoms with Gasteiger partial charge in [-0.2, -0.15) is 5.10 Å². The van der Waals surface area contributed by atoms with Gasteiger partial charge in [0.2, 0.25) is 0 Å². The third kappa shape index (κ3) is 5.12. The predicted octanol–water partition coefficient (Wildman–Crippen LogP) is 3.58. The van der Waals surface area contributed by atoms with Crippen LogP contribution in [0.3, 0.4) is 0 Å². The molecule has 0 saturated carbocycles. The Morgan fingerprint density at radius 1 is 1.08 bits per heavy atom. The first-order valence-electron chi connectivity index (χ1n) is 7.82. The Hall–Kier alpha value is -2.82. The predicted molar refractivity (Wildman–Crippen MR) is 94.6 cm³/mol. The van der Waals surface area contributed by atoms with E-state index in [9.17, 15) is 9.90 Å². The zero-order valence-electron chi connectivity index (χ0n) is 14.1. The van der Waals surface area contributed by atoms with Crippen molar-refractivity contribution in [2.75, 3.05) is 6.61 Å². The van der Waals surface area contributed by atoms with Crippen molar-refractivity contribution in [2.45, 2.75) is 20.8 Å². The van der Waals surface area contributed by atoms with E-state index < -0.39 is 0 Å². The van der Waals surface area contributed by atoms with E-state index in [0.717, 1.165) is 11.3 Å². The Morgan fingerprint density at radius 3 is 2.25 bits per heavy atom. The smallest absolute Gasteiger partial charge is 0.271 e. The number of ether oxygens (including phenoxy) is 1. The third-order valence-corrected chi connectivity index (χ3v) is 3.31. The molecule has 0 heterocycles. The van der Waals surface area contributed by atoms with E-state index in [1.807, 2.05) is 0 Å². The molecule has 0 aliphatic heterocycles. The van der Waals surface area contributed by atoms with Crippen molar-refractivity contribution in [2.24, 2.45) is 11.0 Å². The number of hydrogen-bond donors (Lipinski definition) is 2.